The molecule has 0 radical (unpaired) electrons. The van der Waals surface area contributed by atoms with Gasteiger partial charge in [0.25, 0.3) is 0 Å². The Balaban J connectivity index is 2.43. The molecule has 0 spiro atoms. The first-order valence-electron chi connectivity index (χ1n) is 6.76. The number of methoxy groups -OCH3 is 1. The third kappa shape index (κ3) is 2.51. The lowest BCUT2D eigenvalue weighted by molar-refractivity contribution is 0.266. The largest absolute Gasteiger partial charge is 0.496 e. The lowest BCUT2D eigenvalue weighted by Crippen LogP contribution is -2.32. The van der Waals surface area contributed by atoms with E-state index in [1.807, 2.05) is 0 Å². The third-order valence-corrected chi connectivity index (χ3v) is 4.17. The zero-order valence-electron chi connectivity index (χ0n) is 11.0. The molecule has 18 heavy (non-hydrogen) atoms. The minimum Gasteiger partial charge on any atom is -0.496 e. The molecule has 1 saturated carbocycles. The smallest absolute Gasteiger partial charge is 0.123 e. The average Bonchev–Trinajstić information content (AvgIpc) is 2.40. The van der Waals surface area contributed by atoms with Crippen molar-refractivity contribution in [1.29, 1.82) is 0 Å². The van der Waals surface area contributed by atoms with Crippen molar-refractivity contribution < 1.29 is 9.13 Å². The average molecular weight is 251 g/mol. The number of hydrogen-bond acceptors (Lipinski definition) is 2. The van der Waals surface area contributed by atoms with E-state index in [-0.39, 0.29) is 11.2 Å². The number of nitrogens with two attached hydrogens (primary N) is 1. The van der Waals surface area contributed by atoms with E-state index in [1.165, 1.54) is 25.3 Å². The SMILES string of the molecule is COc1ccc(F)cc1C1(CCN)CCCCC1. The van der Waals surface area contributed by atoms with Gasteiger partial charge in [-0.2, -0.15) is 0 Å². The third-order valence-electron chi connectivity index (χ3n) is 4.17. The van der Waals surface area contributed by atoms with Gasteiger partial charge in [-0.05, 0) is 44.0 Å². The van der Waals surface area contributed by atoms with Crippen LogP contribution in [0.3, 0.4) is 0 Å². The summed E-state index contributed by atoms with van der Waals surface area (Å²) in [6.45, 7) is 0.639. The Hall–Kier alpha value is -1.09. The standard InChI is InChI=1S/C15H22FNO/c1-18-14-6-5-12(16)11-13(14)15(9-10-17)7-3-2-4-8-15/h5-6,11H,2-4,7-10,17H2,1H3. The predicted octanol–water partition coefficient (Wildman–Crippen LogP) is 3.39. The van der Waals surface area contributed by atoms with E-state index in [0.717, 1.165) is 30.6 Å². The number of rotatable bonds is 4. The molecule has 0 bridgehead atoms. The molecule has 2 N–H and O–H groups in total. The van der Waals surface area contributed by atoms with E-state index in [9.17, 15) is 4.39 Å². The fourth-order valence-electron chi connectivity index (χ4n) is 3.25. The Labute approximate surface area is 108 Å². The summed E-state index contributed by atoms with van der Waals surface area (Å²) in [5.41, 5.74) is 6.80. The molecule has 0 heterocycles. The monoisotopic (exact) mass is 251 g/mol. The minimum atomic E-state index is -0.187. The van der Waals surface area contributed by atoms with Gasteiger partial charge in [-0.3, -0.25) is 0 Å². The topological polar surface area (TPSA) is 35.2 Å². The minimum absolute atomic E-state index is 0.0143. The van der Waals surface area contributed by atoms with Crippen LogP contribution in [0, 0.1) is 5.82 Å². The van der Waals surface area contributed by atoms with Crippen molar-refractivity contribution in [3.8, 4) is 5.75 Å². The Bertz CT molecular complexity index is 394. The molecule has 1 aliphatic rings. The van der Waals surface area contributed by atoms with E-state index in [2.05, 4.69) is 0 Å². The normalized spacial score (nSPS) is 18.6. The predicted molar refractivity (Wildman–Crippen MR) is 71.4 cm³/mol. The fourth-order valence-corrected chi connectivity index (χ4v) is 3.25. The van der Waals surface area contributed by atoms with E-state index < -0.39 is 0 Å². The van der Waals surface area contributed by atoms with Gasteiger partial charge in [0.2, 0.25) is 0 Å². The maximum absolute atomic E-state index is 13.6. The first-order valence-corrected chi connectivity index (χ1v) is 6.76. The van der Waals surface area contributed by atoms with Gasteiger partial charge in [0.05, 0.1) is 7.11 Å². The summed E-state index contributed by atoms with van der Waals surface area (Å²) in [6, 6.07) is 4.83. The maximum Gasteiger partial charge on any atom is 0.123 e. The Kier molecular flexibility index (Phi) is 4.23. The molecule has 0 atom stereocenters. The quantitative estimate of drug-likeness (QED) is 0.890. The molecule has 0 amide bonds. The van der Waals surface area contributed by atoms with Gasteiger partial charge in [-0.25, -0.2) is 4.39 Å². The van der Waals surface area contributed by atoms with Gasteiger partial charge in [0, 0.05) is 11.0 Å². The van der Waals surface area contributed by atoms with E-state index in [1.54, 1.807) is 19.2 Å². The molecule has 1 aliphatic carbocycles. The van der Waals surface area contributed by atoms with Crippen LogP contribution in [0.1, 0.15) is 44.1 Å². The summed E-state index contributed by atoms with van der Waals surface area (Å²) < 4.78 is 19.0. The van der Waals surface area contributed by atoms with Crippen molar-refractivity contribution in [2.24, 2.45) is 5.73 Å². The van der Waals surface area contributed by atoms with E-state index >= 15 is 0 Å². The Morgan fingerprint density at radius 1 is 1.28 bits per heavy atom. The van der Waals surface area contributed by atoms with Gasteiger partial charge < -0.3 is 10.5 Å². The van der Waals surface area contributed by atoms with Crippen LogP contribution in [0.4, 0.5) is 4.39 Å². The van der Waals surface area contributed by atoms with E-state index in [4.69, 9.17) is 10.5 Å². The van der Waals surface area contributed by atoms with Crippen LogP contribution in [0.2, 0.25) is 0 Å². The molecule has 0 aliphatic heterocycles. The van der Waals surface area contributed by atoms with Crippen LogP contribution in [-0.2, 0) is 5.41 Å². The van der Waals surface area contributed by atoms with Crippen molar-refractivity contribution >= 4 is 0 Å². The number of halogens is 1. The molecule has 3 heteroatoms. The van der Waals surface area contributed by atoms with Crippen molar-refractivity contribution in [1.82, 2.24) is 0 Å². The molecule has 1 aromatic carbocycles. The lowest BCUT2D eigenvalue weighted by Gasteiger charge is -2.38. The van der Waals surface area contributed by atoms with Crippen molar-refractivity contribution in [2.75, 3.05) is 13.7 Å². The molecular weight excluding hydrogens is 229 g/mol. The van der Waals surface area contributed by atoms with Crippen LogP contribution < -0.4 is 10.5 Å². The summed E-state index contributed by atoms with van der Waals surface area (Å²) in [7, 11) is 1.65. The summed E-state index contributed by atoms with van der Waals surface area (Å²) in [5, 5.41) is 0. The molecule has 1 aromatic rings. The van der Waals surface area contributed by atoms with Gasteiger partial charge in [-0.15, -0.1) is 0 Å². The van der Waals surface area contributed by atoms with Crippen molar-refractivity contribution in [2.45, 2.75) is 43.9 Å². The molecule has 0 aromatic heterocycles. The highest BCUT2D eigenvalue weighted by atomic mass is 19.1. The molecule has 1 fully saturated rings. The number of hydrogen-bond donors (Lipinski definition) is 1. The molecule has 2 nitrogen and oxygen atoms in total. The zero-order chi connectivity index (χ0) is 13.0. The number of benzene rings is 1. The van der Waals surface area contributed by atoms with Crippen LogP contribution in [-0.4, -0.2) is 13.7 Å². The maximum atomic E-state index is 13.6. The second-order valence-electron chi connectivity index (χ2n) is 5.22. The van der Waals surface area contributed by atoms with Crippen LogP contribution in [0.15, 0.2) is 18.2 Å². The van der Waals surface area contributed by atoms with Crippen LogP contribution in [0.5, 0.6) is 5.75 Å². The second-order valence-corrected chi connectivity index (χ2v) is 5.22. The summed E-state index contributed by atoms with van der Waals surface area (Å²) in [4.78, 5) is 0. The van der Waals surface area contributed by atoms with Crippen molar-refractivity contribution in [3.05, 3.63) is 29.6 Å². The summed E-state index contributed by atoms with van der Waals surface area (Å²) in [5.74, 6) is 0.611. The second kappa shape index (κ2) is 5.70. The number of ether oxygens (including phenoxy) is 1. The molecule has 100 valence electrons. The molecule has 0 unspecified atom stereocenters. The first kappa shape index (κ1) is 13.3. The lowest BCUT2D eigenvalue weighted by atomic mass is 9.67. The van der Waals surface area contributed by atoms with Gasteiger partial charge in [-0.1, -0.05) is 19.3 Å². The Morgan fingerprint density at radius 3 is 2.61 bits per heavy atom. The van der Waals surface area contributed by atoms with Crippen LogP contribution in [0.25, 0.3) is 0 Å². The molecular formula is C15H22FNO. The highest BCUT2D eigenvalue weighted by Crippen LogP contribution is 2.45. The van der Waals surface area contributed by atoms with E-state index in [0.29, 0.717) is 6.54 Å². The van der Waals surface area contributed by atoms with Gasteiger partial charge in [0.15, 0.2) is 0 Å². The first-order chi connectivity index (χ1) is 8.72. The zero-order valence-corrected chi connectivity index (χ0v) is 11.0. The molecule has 0 saturated heterocycles. The highest BCUT2D eigenvalue weighted by Gasteiger charge is 2.35. The Morgan fingerprint density at radius 2 is 2.00 bits per heavy atom. The summed E-state index contributed by atoms with van der Waals surface area (Å²) >= 11 is 0. The van der Waals surface area contributed by atoms with Gasteiger partial charge in [0.1, 0.15) is 11.6 Å². The van der Waals surface area contributed by atoms with Crippen molar-refractivity contribution in [3.63, 3.8) is 0 Å². The van der Waals surface area contributed by atoms with Gasteiger partial charge >= 0.3 is 0 Å². The highest BCUT2D eigenvalue weighted by molar-refractivity contribution is 5.40. The van der Waals surface area contributed by atoms with Crippen LogP contribution >= 0.6 is 0 Å². The summed E-state index contributed by atoms with van der Waals surface area (Å²) in [6.07, 6.45) is 6.74. The fraction of sp³-hybridized carbons (Fsp3) is 0.600. The molecule has 2 rings (SSSR count).